The Morgan fingerprint density at radius 1 is 1.24 bits per heavy atom. The number of anilines is 1. The molecule has 2 rings (SSSR count). The number of carbonyl (C=O) groups is 2. The first-order valence-electron chi connectivity index (χ1n) is 9.35. The number of ether oxygens (including phenoxy) is 3. The smallest absolute Gasteiger partial charge is 0.416 e. The normalized spacial score (nSPS) is 11.4. The average molecular weight is 574 g/mol. The van der Waals surface area contributed by atoms with Gasteiger partial charge in [-0.3, -0.25) is 4.79 Å². The van der Waals surface area contributed by atoms with Crippen molar-refractivity contribution in [3.05, 3.63) is 56.7 Å². The van der Waals surface area contributed by atoms with Crippen LogP contribution in [-0.2, 0) is 20.5 Å². The molecule has 0 aromatic heterocycles. The number of hydrogen-bond acceptors (Lipinski definition) is 6. The Bertz CT molecular complexity index is 1110. The molecule has 0 bridgehead atoms. The van der Waals surface area contributed by atoms with E-state index in [1.54, 1.807) is 19.1 Å². The van der Waals surface area contributed by atoms with Crippen molar-refractivity contribution in [1.82, 2.24) is 0 Å². The first-order chi connectivity index (χ1) is 15.6. The zero-order valence-corrected chi connectivity index (χ0v) is 19.6. The lowest BCUT2D eigenvalue weighted by atomic mass is 10.1. The molecule has 0 fully saturated rings. The largest absolute Gasteiger partial charge is 0.493 e. The average Bonchev–Trinajstić information content (AvgIpc) is 2.76. The quantitative estimate of drug-likeness (QED) is 0.211. The second-order valence-corrected chi connectivity index (χ2v) is 7.49. The minimum Gasteiger partial charge on any atom is -0.493 e. The number of nitrogens with zero attached hydrogens (tertiary/aromatic N) is 1. The van der Waals surface area contributed by atoms with Crippen molar-refractivity contribution in [2.45, 2.75) is 13.1 Å². The third-order valence-corrected chi connectivity index (χ3v) is 4.82. The minimum absolute atomic E-state index is 0.106. The molecule has 0 radical (unpaired) electrons. The van der Waals surface area contributed by atoms with Crippen molar-refractivity contribution >= 4 is 46.2 Å². The van der Waals surface area contributed by atoms with Crippen LogP contribution >= 0.6 is 22.6 Å². The van der Waals surface area contributed by atoms with Gasteiger partial charge in [0.15, 0.2) is 18.1 Å². The Morgan fingerprint density at radius 3 is 2.58 bits per heavy atom. The molecule has 11 heteroatoms. The SMILES string of the molecule is CCOC(=O)COc1c(I)cc(/C=C(/C#N)C(=O)Nc2cccc(C(F)(F)F)c2)cc1OC. The maximum Gasteiger partial charge on any atom is 0.416 e. The number of esters is 1. The van der Waals surface area contributed by atoms with Gasteiger partial charge in [-0.15, -0.1) is 0 Å². The van der Waals surface area contributed by atoms with Crippen molar-refractivity contribution in [2.24, 2.45) is 0 Å². The van der Waals surface area contributed by atoms with Crippen LogP contribution in [0.25, 0.3) is 6.08 Å². The molecule has 1 amide bonds. The summed E-state index contributed by atoms with van der Waals surface area (Å²) in [5, 5.41) is 11.7. The van der Waals surface area contributed by atoms with Gasteiger partial charge in [0.25, 0.3) is 5.91 Å². The van der Waals surface area contributed by atoms with E-state index in [0.717, 1.165) is 18.2 Å². The lowest BCUT2D eigenvalue weighted by molar-refractivity contribution is -0.145. The highest BCUT2D eigenvalue weighted by Crippen LogP contribution is 2.35. The number of rotatable bonds is 8. The summed E-state index contributed by atoms with van der Waals surface area (Å²) >= 11 is 1.93. The van der Waals surface area contributed by atoms with Crippen molar-refractivity contribution in [3.8, 4) is 17.6 Å². The Morgan fingerprint density at radius 2 is 1.97 bits per heavy atom. The molecule has 0 saturated heterocycles. The standard InChI is InChI=1S/C22H18F3IN2O5/c1-3-32-19(29)12-33-20-17(26)8-13(9-18(20)31-2)7-14(11-27)21(30)28-16-6-4-5-15(10-16)22(23,24)25/h4-10H,3,12H2,1-2H3,(H,28,30)/b14-7-. The zero-order chi connectivity index (χ0) is 24.6. The van der Waals surface area contributed by atoms with Crippen molar-refractivity contribution in [2.75, 3.05) is 25.6 Å². The summed E-state index contributed by atoms with van der Waals surface area (Å²) in [7, 11) is 1.38. The molecule has 33 heavy (non-hydrogen) atoms. The van der Waals surface area contributed by atoms with Crippen LogP contribution in [0.4, 0.5) is 18.9 Å². The Labute approximate surface area is 201 Å². The number of alkyl halides is 3. The molecule has 1 N–H and O–H groups in total. The Hall–Kier alpha value is -3.27. The van der Waals surface area contributed by atoms with E-state index in [2.05, 4.69) is 5.32 Å². The molecule has 0 unspecified atom stereocenters. The third kappa shape index (κ3) is 7.38. The zero-order valence-electron chi connectivity index (χ0n) is 17.5. The van der Waals surface area contributed by atoms with Gasteiger partial charge in [-0.05, 0) is 71.5 Å². The number of carbonyl (C=O) groups excluding carboxylic acids is 2. The van der Waals surface area contributed by atoms with Gasteiger partial charge in [0.1, 0.15) is 11.6 Å². The number of nitrogens with one attached hydrogen (secondary N) is 1. The summed E-state index contributed by atoms with van der Waals surface area (Å²) in [6.45, 7) is 1.54. The molecule has 0 aliphatic heterocycles. The number of nitriles is 1. The van der Waals surface area contributed by atoms with E-state index in [-0.39, 0.29) is 36.0 Å². The second kappa shape index (κ2) is 11.6. The molecule has 0 aliphatic rings. The van der Waals surface area contributed by atoms with Gasteiger partial charge in [-0.25, -0.2) is 4.79 Å². The number of methoxy groups -OCH3 is 1. The van der Waals surface area contributed by atoms with Gasteiger partial charge in [0, 0.05) is 5.69 Å². The Kier molecular flexibility index (Phi) is 9.10. The topological polar surface area (TPSA) is 97.7 Å². The predicted octanol–water partition coefficient (Wildman–Crippen LogP) is 4.81. The third-order valence-electron chi connectivity index (χ3n) is 4.02. The molecule has 0 aliphatic carbocycles. The minimum atomic E-state index is -4.57. The van der Waals surface area contributed by atoms with E-state index in [4.69, 9.17) is 14.2 Å². The van der Waals surface area contributed by atoms with Crippen LogP contribution in [0, 0.1) is 14.9 Å². The van der Waals surface area contributed by atoms with E-state index in [1.807, 2.05) is 22.6 Å². The summed E-state index contributed by atoms with van der Waals surface area (Å²) < 4.78 is 54.7. The fourth-order valence-corrected chi connectivity index (χ4v) is 3.36. The Balaban J connectivity index is 2.26. The van der Waals surface area contributed by atoms with Crippen molar-refractivity contribution in [1.29, 1.82) is 5.26 Å². The van der Waals surface area contributed by atoms with Gasteiger partial charge in [-0.1, -0.05) is 6.07 Å². The number of hydrogen-bond donors (Lipinski definition) is 1. The molecule has 2 aromatic rings. The van der Waals surface area contributed by atoms with Crippen LogP contribution in [0.15, 0.2) is 42.0 Å². The number of amides is 1. The summed E-state index contributed by atoms with van der Waals surface area (Å²) in [5.74, 6) is -0.922. The molecule has 0 atom stereocenters. The van der Waals surface area contributed by atoms with Crippen LogP contribution < -0.4 is 14.8 Å². The van der Waals surface area contributed by atoms with Crippen LogP contribution in [0.3, 0.4) is 0 Å². The monoisotopic (exact) mass is 574 g/mol. The summed E-state index contributed by atoms with van der Waals surface area (Å²) in [6, 6.07) is 8.87. The van der Waals surface area contributed by atoms with Crippen LogP contribution in [-0.4, -0.2) is 32.2 Å². The lowest BCUT2D eigenvalue weighted by Crippen LogP contribution is -2.15. The van der Waals surface area contributed by atoms with E-state index >= 15 is 0 Å². The van der Waals surface area contributed by atoms with Gasteiger partial charge in [-0.2, -0.15) is 18.4 Å². The molecule has 2 aromatic carbocycles. The summed E-state index contributed by atoms with van der Waals surface area (Å²) in [6.07, 6.45) is -3.32. The molecule has 7 nitrogen and oxygen atoms in total. The summed E-state index contributed by atoms with van der Waals surface area (Å²) in [5.41, 5.74) is -0.979. The second-order valence-electron chi connectivity index (χ2n) is 6.33. The number of benzene rings is 2. The highest BCUT2D eigenvalue weighted by Gasteiger charge is 2.30. The van der Waals surface area contributed by atoms with Gasteiger partial charge in [0.05, 0.1) is 22.9 Å². The van der Waals surface area contributed by atoms with Crippen molar-refractivity contribution in [3.63, 3.8) is 0 Å². The van der Waals surface area contributed by atoms with Crippen molar-refractivity contribution < 1.29 is 37.0 Å². The maximum absolute atomic E-state index is 12.9. The molecule has 0 heterocycles. The fourth-order valence-electron chi connectivity index (χ4n) is 2.58. The first kappa shape index (κ1) is 26.0. The van der Waals surface area contributed by atoms with Gasteiger partial charge in [0.2, 0.25) is 0 Å². The maximum atomic E-state index is 12.9. The molecular formula is C22H18F3IN2O5. The molecule has 174 valence electrons. The van der Waals surface area contributed by atoms with Crippen LogP contribution in [0.1, 0.15) is 18.1 Å². The van der Waals surface area contributed by atoms with E-state index in [9.17, 15) is 28.0 Å². The molecule has 0 spiro atoms. The molecular weight excluding hydrogens is 556 g/mol. The van der Waals surface area contributed by atoms with E-state index in [1.165, 1.54) is 25.3 Å². The van der Waals surface area contributed by atoms with Gasteiger partial charge >= 0.3 is 12.1 Å². The van der Waals surface area contributed by atoms with Crippen LogP contribution in [0.2, 0.25) is 0 Å². The highest BCUT2D eigenvalue weighted by atomic mass is 127. The summed E-state index contributed by atoms with van der Waals surface area (Å²) in [4.78, 5) is 24.0. The number of halogens is 4. The first-order valence-corrected chi connectivity index (χ1v) is 10.4. The van der Waals surface area contributed by atoms with E-state index < -0.39 is 23.6 Å². The lowest BCUT2D eigenvalue weighted by Gasteiger charge is -2.13. The van der Waals surface area contributed by atoms with Crippen LogP contribution in [0.5, 0.6) is 11.5 Å². The fraction of sp³-hybridized carbons (Fsp3) is 0.227. The molecule has 0 saturated carbocycles. The van der Waals surface area contributed by atoms with E-state index in [0.29, 0.717) is 9.13 Å². The highest BCUT2D eigenvalue weighted by molar-refractivity contribution is 14.1. The predicted molar refractivity (Wildman–Crippen MR) is 122 cm³/mol. The van der Waals surface area contributed by atoms with Gasteiger partial charge < -0.3 is 19.5 Å².